The highest BCUT2D eigenvalue weighted by molar-refractivity contribution is 6.09. The molecule has 0 spiro atoms. The first-order valence-electron chi connectivity index (χ1n) is 7.81. The minimum absolute atomic E-state index is 0.0891. The molecule has 1 saturated carbocycles. The molecule has 0 unspecified atom stereocenters. The largest absolute Gasteiger partial charge is 0.480 e. The number of nitrogens with one attached hydrogen (secondary N) is 2. The van der Waals surface area contributed by atoms with Gasteiger partial charge in [-0.2, -0.15) is 0 Å². The molecule has 23 heavy (non-hydrogen) atoms. The number of carbonyl (C=O) groups is 4. The lowest BCUT2D eigenvalue weighted by atomic mass is 9.96. The monoisotopic (exact) mass is 325 g/mol. The third-order valence-electron chi connectivity index (χ3n) is 4.34. The van der Waals surface area contributed by atoms with E-state index >= 15 is 0 Å². The lowest BCUT2D eigenvalue weighted by molar-refractivity contribution is -0.142. The van der Waals surface area contributed by atoms with Crippen LogP contribution >= 0.6 is 0 Å². The number of carbonyl (C=O) groups excluding carboxylic acids is 3. The van der Waals surface area contributed by atoms with Crippen molar-refractivity contribution in [3.8, 4) is 0 Å². The molecule has 1 saturated heterocycles. The third kappa shape index (κ3) is 3.62. The normalized spacial score (nSPS) is 25.5. The summed E-state index contributed by atoms with van der Waals surface area (Å²) in [5.74, 6) is -2.00. The number of aliphatic carboxylic acids is 1. The smallest absolute Gasteiger partial charge is 0.326 e. The maximum atomic E-state index is 12.4. The summed E-state index contributed by atoms with van der Waals surface area (Å²) < 4.78 is 0. The van der Waals surface area contributed by atoms with Gasteiger partial charge in [-0.1, -0.05) is 13.8 Å². The number of amides is 4. The summed E-state index contributed by atoms with van der Waals surface area (Å²) >= 11 is 0. The first-order valence-corrected chi connectivity index (χ1v) is 7.81. The van der Waals surface area contributed by atoms with Crippen LogP contribution in [0.25, 0.3) is 0 Å². The molecule has 0 aromatic heterocycles. The predicted molar refractivity (Wildman–Crippen MR) is 80.4 cm³/mol. The average molecular weight is 325 g/mol. The van der Waals surface area contributed by atoms with E-state index in [1.54, 1.807) is 6.92 Å². The predicted octanol–water partition coefficient (Wildman–Crippen LogP) is 0.322. The molecule has 3 N–H and O–H groups in total. The quantitative estimate of drug-likeness (QED) is 0.583. The molecule has 8 heteroatoms. The fourth-order valence-corrected chi connectivity index (χ4v) is 2.87. The van der Waals surface area contributed by atoms with E-state index < -0.39 is 41.9 Å². The second-order valence-corrected chi connectivity index (χ2v) is 6.89. The Morgan fingerprint density at radius 3 is 2.48 bits per heavy atom. The van der Waals surface area contributed by atoms with Gasteiger partial charge >= 0.3 is 12.0 Å². The van der Waals surface area contributed by atoms with E-state index in [1.807, 2.05) is 13.8 Å². The van der Waals surface area contributed by atoms with Crippen LogP contribution in [-0.4, -0.2) is 51.9 Å². The topological polar surface area (TPSA) is 116 Å². The molecule has 4 amide bonds. The number of imide groups is 1. The van der Waals surface area contributed by atoms with Gasteiger partial charge in [-0.25, -0.2) is 9.59 Å². The molecule has 2 fully saturated rings. The van der Waals surface area contributed by atoms with E-state index in [4.69, 9.17) is 5.11 Å². The Kier molecular flexibility index (Phi) is 4.63. The van der Waals surface area contributed by atoms with Crippen LogP contribution in [0.5, 0.6) is 0 Å². The molecular formula is C15H23N3O5. The molecule has 0 aromatic carbocycles. The number of urea groups is 1. The van der Waals surface area contributed by atoms with Crippen molar-refractivity contribution in [1.82, 2.24) is 15.5 Å². The van der Waals surface area contributed by atoms with Crippen molar-refractivity contribution >= 4 is 23.8 Å². The average Bonchev–Trinajstić information content (AvgIpc) is 3.24. The van der Waals surface area contributed by atoms with Crippen LogP contribution in [0.3, 0.4) is 0 Å². The highest BCUT2D eigenvalue weighted by Gasteiger charge is 2.56. The van der Waals surface area contributed by atoms with E-state index in [2.05, 4.69) is 10.6 Å². The summed E-state index contributed by atoms with van der Waals surface area (Å²) in [6.45, 7) is 4.90. The van der Waals surface area contributed by atoms with E-state index in [1.165, 1.54) is 0 Å². The second kappa shape index (κ2) is 6.17. The summed E-state index contributed by atoms with van der Waals surface area (Å²) in [5, 5.41) is 14.1. The summed E-state index contributed by atoms with van der Waals surface area (Å²) in [6, 6.07) is -1.63. The van der Waals surface area contributed by atoms with Crippen LogP contribution in [0.1, 0.15) is 40.0 Å². The van der Waals surface area contributed by atoms with Crippen LogP contribution in [-0.2, 0) is 14.4 Å². The standard InChI is InChI=1S/C15H23N3O5/c1-8(2)6-10(12(20)21)16-11(19)7-18-13(22)15(3,9-4-5-9)17-14(18)23/h8-10H,4-7H2,1-3H3,(H,16,19)(H,17,23)(H,20,21)/t10-,15+/m1/s1. The molecule has 0 aromatic rings. The highest BCUT2D eigenvalue weighted by atomic mass is 16.4. The van der Waals surface area contributed by atoms with Crippen molar-refractivity contribution < 1.29 is 24.3 Å². The van der Waals surface area contributed by atoms with Crippen LogP contribution in [0.15, 0.2) is 0 Å². The Bertz CT molecular complexity index is 543. The SMILES string of the molecule is CC(C)C[C@@H](NC(=O)CN1C(=O)N[C@@](C)(C2CC2)C1=O)C(=O)O. The van der Waals surface area contributed by atoms with Crippen molar-refractivity contribution in [2.45, 2.75) is 51.6 Å². The Balaban J connectivity index is 1.98. The number of nitrogens with zero attached hydrogens (tertiary/aromatic N) is 1. The maximum absolute atomic E-state index is 12.4. The van der Waals surface area contributed by atoms with Gasteiger partial charge < -0.3 is 15.7 Å². The fraction of sp³-hybridized carbons (Fsp3) is 0.733. The highest BCUT2D eigenvalue weighted by Crippen LogP contribution is 2.42. The lowest BCUT2D eigenvalue weighted by Gasteiger charge is -2.21. The van der Waals surface area contributed by atoms with Gasteiger partial charge in [-0.15, -0.1) is 0 Å². The first-order chi connectivity index (χ1) is 10.6. The van der Waals surface area contributed by atoms with Gasteiger partial charge in [-0.05, 0) is 38.0 Å². The minimum Gasteiger partial charge on any atom is -0.480 e. The number of hydrogen-bond donors (Lipinski definition) is 3. The third-order valence-corrected chi connectivity index (χ3v) is 4.34. The van der Waals surface area contributed by atoms with Gasteiger partial charge in [-0.3, -0.25) is 14.5 Å². The minimum atomic E-state index is -1.13. The van der Waals surface area contributed by atoms with Crippen molar-refractivity contribution in [2.24, 2.45) is 11.8 Å². The van der Waals surface area contributed by atoms with Gasteiger partial charge in [0.2, 0.25) is 5.91 Å². The number of rotatable bonds is 7. The molecular weight excluding hydrogens is 302 g/mol. The number of carboxylic acid groups (broad SMARTS) is 1. The van der Waals surface area contributed by atoms with Crippen molar-refractivity contribution in [2.75, 3.05) is 6.54 Å². The Labute approximate surface area is 134 Å². The first kappa shape index (κ1) is 17.2. The zero-order valence-electron chi connectivity index (χ0n) is 13.6. The fourth-order valence-electron chi connectivity index (χ4n) is 2.87. The lowest BCUT2D eigenvalue weighted by Crippen LogP contribution is -2.49. The number of carboxylic acids is 1. The number of hydrogen-bond acceptors (Lipinski definition) is 4. The summed E-state index contributed by atoms with van der Waals surface area (Å²) in [6.07, 6.45) is 2.02. The van der Waals surface area contributed by atoms with Crippen molar-refractivity contribution in [3.05, 3.63) is 0 Å². The van der Waals surface area contributed by atoms with Gasteiger partial charge in [0, 0.05) is 0 Å². The van der Waals surface area contributed by atoms with Crippen LogP contribution < -0.4 is 10.6 Å². The maximum Gasteiger partial charge on any atom is 0.326 e. The molecule has 0 bridgehead atoms. The second-order valence-electron chi connectivity index (χ2n) is 6.89. The molecule has 1 aliphatic carbocycles. The van der Waals surface area contributed by atoms with Gasteiger partial charge in [0.05, 0.1) is 0 Å². The molecule has 1 aliphatic heterocycles. The van der Waals surface area contributed by atoms with E-state index in [-0.39, 0.29) is 18.3 Å². The molecule has 128 valence electrons. The van der Waals surface area contributed by atoms with Gasteiger partial charge in [0.1, 0.15) is 18.1 Å². The van der Waals surface area contributed by atoms with Crippen LogP contribution in [0.2, 0.25) is 0 Å². The van der Waals surface area contributed by atoms with Crippen molar-refractivity contribution in [1.29, 1.82) is 0 Å². The van der Waals surface area contributed by atoms with Crippen molar-refractivity contribution in [3.63, 3.8) is 0 Å². The zero-order chi connectivity index (χ0) is 17.4. The molecule has 0 radical (unpaired) electrons. The Morgan fingerprint density at radius 1 is 1.39 bits per heavy atom. The van der Waals surface area contributed by atoms with Crippen LogP contribution in [0.4, 0.5) is 4.79 Å². The molecule has 1 heterocycles. The van der Waals surface area contributed by atoms with Gasteiger partial charge in [0.15, 0.2) is 0 Å². The summed E-state index contributed by atoms with van der Waals surface area (Å²) in [7, 11) is 0. The Hall–Kier alpha value is -2.12. The molecule has 2 aliphatic rings. The molecule has 2 rings (SSSR count). The zero-order valence-corrected chi connectivity index (χ0v) is 13.6. The molecule has 2 atom stereocenters. The van der Waals surface area contributed by atoms with E-state index in [0.717, 1.165) is 17.7 Å². The van der Waals surface area contributed by atoms with Crippen LogP contribution in [0, 0.1) is 11.8 Å². The van der Waals surface area contributed by atoms with E-state index in [9.17, 15) is 19.2 Å². The Morgan fingerprint density at radius 2 is 2.00 bits per heavy atom. The van der Waals surface area contributed by atoms with Gasteiger partial charge in [0.25, 0.3) is 5.91 Å². The summed E-state index contributed by atoms with van der Waals surface area (Å²) in [5.41, 5.74) is -0.943. The molecule has 8 nitrogen and oxygen atoms in total. The summed E-state index contributed by atoms with van der Waals surface area (Å²) in [4.78, 5) is 48.4. The van der Waals surface area contributed by atoms with E-state index in [0.29, 0.717) is 0 Å².